The standard InChI is InChI=1S/C55H96O6/c1-4-7-10-13-16-19-22-25-26-27-28-31-33-36-39-42-45-48-54(57)60-51-52(61-55(58)49-46-43-40-37-34-30-24-21-18-15-12-9-6-3)50-59-53(56)47-44-41-38-35-32-29-23-20-17-14-11-8-5-2/h9,12,15,18,21,24-26,29,32,52H,4-8,10-11,13-14,16-17,19-20,22-23,27-28,30-31,33-51H2,1-3H3/b12-9-,18-15-,24-21-,26-25-,32-29-. The first-order valence-corrected chi connectivity index (χ1v) is 25.8. The summed E-state index contributed by atoms with van der Waals surface area (Å²) in [7, 11) is 0. The van der Waals surface area contributed by atoms with Crippen LogP contribution in [-0.4, -0.2) is 37.2 Å². The summed E-state index contributed by atoms with van der Waals surface area (Å²) in [4.78, 5) is 37.9. The van der Waals surface area contributed by atoms with Crippen molar-refractivity contribution in [3.05, 3.63) is 60.8 Å². The molecule has 0 aliphatic heterocycles. The highest BCUT2D eigenvalue weighted by atomic mass is 16.6. The maximum absolute atomic E-state index is 12.8. The Kier molecular flexibility index (Phi) is 47.4. The van der Waals surface area contributed by atoms with Gasteiger partial charge in [-0.1, -0.05) is 204 Å². The van der Waals surface area contributed by atoms with E-state index < -0.39 is 6.10 Å². The fraction of sp³-hybridized carbons (Fsp3) is 0.764. The number of hydrogen-bond acceptors (Lipinski definition) is 6. The topological polar surface area (TPSA) is 78.9 Å². The van der Waals surface area contributed by atoms with Gasteiger partial charge in [0.25, 0.3) is 0 Å². The van der Waals surface area contributed by atoms with Gasteiger partial charge in [0.2, 0.25) is 0 Å². The van der Waals surface area contributed by atoms with Crippen LogP contribution in [0, 0.1) is 0 Å². The molecule has 0 aliphatic rings. The van der Waals surface area contributed by atoms with Crippen LogP contribution >= 0.6 is 0 Å². The number of carbonyl (C=O) groups is 3. The molecule has 352 valence electrons. The number of esters is 3. The Balaban J connectivity index is 4.40. The number of ether oxygens (including phenoxy) is 3. The minimum Gasteiger partial charge on any atom is -0.462 e. The molecule has 0 bridgehead atoms. The molecular formula is C55H96O6. The zero-order valence-electron chi connectivity index (χ0n) is 40.2. The number of hydrogen-bond donors (Lipinski definition) is 0. The van der Waals surface area contributed by atoms with E-state index in [1.165, 1.54) is 116 Å². The first-order chi connectivity index (χ1) is 30.0. The molecule has 0 saturated carbocycles. The highest BCUT2D eigenvalue weighted by molar-refractivity contribution is 5.71. The van der Waals surface area contributed by atoms with E-state index in [9.17, 15) is 14.4 Å². The Morgan fingerprint density at radius 3 is 1.05 bits per heavy atom. The predicted octanol–water partition coefficient (Wildman–Crippen LogP) is 16.9. The summed E-state index contributed by atoms with van der Waals surface area (Å²) in [6, 6.07) is 0. The lowest BCUT2D eigenvalue weighted by Gasteiger charge is -2.18. The van der Waals surface area contributed by atoms with Gasteiger partial charge in [0.1, 0.15) is 13.2 Å². The van der Waals surface area contributed by atoms with E-state index in [2.05, 4.69) is 81.5 Å². The number of rotatable bonds is 46. The smallest absolute Gasteiger partial charge is 0.306 e. The summed E-state index contributed by atoms with van der Waals surface area (Å²) in [6.07, 6.45) is 60.6. The number of carbonyl (C=O) groups excluding carboxylic acids is 3. The van der Waals surface area contributed by atoms with Crippen LogP contribution in [0.15, 0.2) is 60.8 Å². The molecule has 61 heavy (non-hydrogen) atoms. The monoisotopic (exact) mass is 853 g/mol. The first kappa shape index (κ1) is 58.1. The molecule has 6 heteroatoms. The van der Waals surface area contributed by atoms with E-state index in [1.54, 1.807) is 0 Å². The molecular weight excluding hydrogens is 757 g/mol. The summed E-state index contributed by atoms with van der Waals surface area (Å²) in [6.45, 7) is 6.46. The highest BCUT2D eigenvalue weighted by Crippen LogP contribution is 2.14. The molecule has 0 fully saturated rings. The minimum absolute atomic E-state index is 0.0894. The van der Waals surface area contributed by atoms with Gasteiger partial charge in [0.15, 0.2) is 6.10 Å². The second-order valence-corrected chi connectivity index (χ2v) is 17.1. The van der Waals surface area contributed by atoms with Gasteiger partial charge in [-0.3, -0.25) is 14.4 Å². The minimum atomic E-state index is -0.791. The van der Waals surface area contributed by atoms with E-state index in [4.69, 9.17) is 14.2 Å². The summed E-state index contributed by atoms with van der Waals surface area (Å²) < 4.78 is 16.8. The highest BCUT2D eigenvalue weighted by Gasteiger charge is 2.19. The van der Waals surface area contributed by atoms with E-state index in [0.717, 1.165) is 96.3 Å². The third kappa shape index (κ3) is 48.0. The lowest BCUT2D eigenvalue weighted by atomic mass is 10.1. The summed E-state index contributed by atoms with van der Waals surface area (Å²) in [5, 5.41) is 0. The van der Waals surface area contributed by atoms with Gasteiger partial charge in [-0.05, 0) is 89.9 Å². The summed E-state index contributed by atoms with van der Waals surface area (Å²) >= 11 is 0. The molecule has 0 radical (unpaired) electrons. The van der Waals surface area contributed by atoms with Crippen molar-refractivity contribution in [1.82, 2.24) is 0 Å². The van der Waals surface area contributed by atoms with Gasteiger partial charge < -0.3 is 14.2 Å². The van der Waals surface area contributed by atoms with Crippen molar-refractivity contribution in [2.45, 2.75) is 258 Å². The first-order valence-electron chi connectivity index (χ1n) is 25.8. The van der Waals surface area contributed by atoms with Gasteiger partial charge >= 0.3 is 17.9 Å². The molecule has 1 atom stereocenters. The van der Waals surface area contributed by atoms with E-state index in [1.807, 2.05) is 0 Å². The molecule has 0 N–H and O–H groups in total. The van der Waals surface area contributed by atoms with Crippen LogP contribution in [0.5, 0.6) is 0 Å². The average Bonchev–Trinajstić information content (AvgIpc) is 3.26. The third-order valence-corrected chi connectivity index (χ3v) is 11.0. The molecule has 0 rings (SSSR count). The summed E-state index contributed by atoms with van der Waals surface area (Å²) in [5.41, 5.74) is 0. The second-order valence-electron chi connectivity index (χ2n) is 17.1. The average molecular weight is 853 g/mol. The lowest BCUT2D eigenvalue weighted by Crippen LogP contribution is -2.30. The molecule has 0 aromatic rings. The van der Waals surface area contributed by atoms with Gasteiger partial charge in [-0.2, -0.15) is 0 Å². The largest absolute Gasteiger partial charge is 0.462 e. The summed E-state index contributed by atoms with van der Waals surface area (Å²) in [5.74, 6) is -0.928. The van der Waals surface area contributed by atoms with Crippen LogP contribution in [0.3, 0.4) is 0 Å². The quantitative estimate of drug-likeness (QED) is 0.0200. The van der Waals surface area contributed by atoms with Crippen molar-refractivity contribution in [1.29, 1.82) is 0 Å². The van der Waals surface area contributed by atoms with Crippen molar-refractivity contribution in [3.8, 4) is 0 Å². The van der Waals surface area contributed by atoms with Crippen molar-refractivity contribution in [3.63, 3.8) is 0 Å². The Morgan fingerprint density at radius 2 is 0.656 bits per heavy atom. The molecule has 0 spiro atoms. The second kappa shape index (κ2) is 49.8. The molecule has 0 aromatic carbocycles. The predicted molar refractivity (Wildman–Crippen MR) is 261 cm³/mol. The molecule has 1 unspecified atom stereocenters. The van der Waals surface area contributed by atoms with Gasteiger partial charge in [0.05, 0.1) is 0 Å². The Hall–Kier alpha value is -2.89. The Labute approximate surface area is 377 Å². The van der Waals surface area contributed by atoms with Crippen molar-refractivity contribution in [2.75, 3.05) is 13.2 Å². The molecule has 0 amide bonds. The third-order valence-electron chi connectivity index (χ3n) is 11.0. The Bertz CT molecular complexity index is 1120. The normalized spacial score (nSPS) is 12.5. The maximum atomic E-state index is 12.8. The van der Waals surface area contributed by atoms with E-state index in [0.29, 0.717) is 19.3 Å². The van der Waals surface area contributed by atoms with Gasteiger partial charge in [0, 0.05) is 19.3 Å². The number of allylic oxidation sites excluding steroid dienone is 10. The maximum Gasteiger partial charge on any atom is 0.306 e. The zero-order valence-corrected chi connectivity index (χ0v) is 40.2. The van der Waals surface area contributed by atoms with Crippen LogP contribution in [-0.2, 0) is 28.6 Å². The van der Waals surface area contributed by atoms with E-state index >= 15 is 0 Å². The molecule has 0 saturated heterocycles. The molecule has 0 aliphatic carbocycles. The lowest BCUT2D eigenvalue weighted by molar-refractivity contribution is -0.167. The zero-order chi connectivity index (χ0) is 44.4. The fourth-order valence-corrected chi connectivity index (χ4v) is 7.14. The van der Waals surface area contributed by atoms with E-state index in [-0.39, 0.29) is 31.1 Å². The fourth-order valence-electron chi connectivity index (χ4n) is 7.14. The molecule has 0 heterocycles. The van der Waals surface area contributed by atoms with Crippen LogP contribution in [0.1, 0.15) is 252 Å². The number of unbranched alkanes of at least 4 members (excludes halogenated alkanes) is 27. The van der Waals surface area contributed by atoms with Crippen LogP contribution in [0.4, 0.5) is 0 Å². The van der Waals surface area contributed by atoms with Crippen molar-refractivity contribution >= 4 is 17.9 Å². The van der Waals surface area contributed by atoms with Crippen LogP contribution in [0.2, 0.25) is 0 Å². The van der Waals surface area contributed by atoms with Crippen molar-refractivity contribution < 1.29 is 28.6 Å². The molecule has 6 nitrogen and oxygen atoms in total. The van der Waals surface area contributed by atoms with Gasteiger partial charge in [-0.25, -0.2) is 0 Å². The van der Waals surface area contributed by atoms with Crippen LogP contribution < -0.4 is 0 Å². The Morgan fingerprint density at radius 1 is 0.344 bits per heavy atom. The van der Waals surface area contributed by atoms with Crippen molar-refractivity contribution in [2.24, 2.45) is 0 Å². The molecule has 0 aromatic heterocycles. The van der Waals surface area contributed by atoms with Gasteiger partial charge in [-0.15, -0.1) is 0 Å². The SMILES string of the molecule is CC\C=C/C=C\C=C/CCCCCCCC(=O)OC(COC(=O)CCCCC/C=C\CCCCCCCC)COC(=O)CCCCCCCCC/C=C\CCCCCCCC. The van der Waals surface area contributed by atoms with Crippen LogP contribution in [0.25, 0.3) is 0 Å².